The van der Waals surface area contributed by atoms with Crippen molar-refractivity contribution in [1.82, 2.24) is 14.9 Å². The zero-order chi connectivity index (χ0) is 22.2. The second-order valence-corrected chi connectivity index (χ2v) is 8.72. The van der Waals surface area contributed by atoms with Crippen LogP contribution in [0.25, 0.3) is 10.9 Å². The van der Waals surface area contributed by atoms with E-state index in [9.17, 15) is 14.9 Å². The van der Waals surface area contributed by atoms with Crippen LogP contribution in [0.15, 0.2) is 42.7 Å². The summed E-state index contributed by atoms with van der Waals surface area (Å²) in [5, 5.41) is 15.2. The number of carbonyl (C=O) groups excluding carboxylic acids is 1. The van der Waals surface area contributed by atoms with E-state index < -0.39 is 4.92 Å². The Morgan fingerprint density at radius 1 is 1.19 bits per heavy atom. The summed E-state index contributed by atoms with van der Waals surface area (Å²) >= 11 is 0. The van der Waals surface area contributed by atoms with Gasteiger partial charge in [0.15, 0.2) is 5.82 Å². The molecule has 1 fully saturated rings. The minimum absolute atomic E-state index is 0.0278. The van der Waals surface area contributed by atoms with Gasteiger partial charge < -0.3 is 20.1 Å². The fourth-order valence-electron chi connectivity index (χ4n) is 3.84. The maximum Gasteiger partial charge on any atom is 0.270 e. The standard InChI is InChI=1S/C22H26N6O3/c1-22(2,3)25-19-5-4-8-23-20(19)26-9-11-27(12-10-26)21(29)17-14-24-18-7-6-15(28(30)31)13-16(17)18/h4-8,13-14,24-25H,9-12H2,1-3H3. The molecule has 0 saturated carbocycles. The molecule has 0 aliphatic carbocycles. The van der Waals surface area contributed by atoms with Gasteiger partial charge in [-0.2, -0.15) is 0 Å². The van der Waals surface area contributed by atoms with Crippen LogP contribution in [0.5, 0.6) is 0 Å². The van der Waals surface area contributed by atoms with Gasteiger partial charge in [0.1, 0.15) is 0 Å². The number of non-ortho nitro benzene ring substituents is 1. The number of aromatic amines is 1. The van der Waals surface area contributed by atoms with E-state index in [1.165, 1.54) is 12.1 Å². The van der Waals surface area contributed by atoms with Crippen LogP contribution in [-0.4, -0.2) is 57.4 Å². The Kier molecular flexibility index (Phi) is 5.26. The molecule has 4 rings (SSSR count). The van der Waals surface area contributed by atoms with Crippen LogP contribution in [0.3, 0.4) is 0 Å². The van der Waals surface area contributed by atoms with Gasteiger partial charge in [0.2, 0.25) is 0 Å². The SMILES string of the molecule is CC(C)(C)Nc1cccnc1N1CCN(C(=O)c2c[nH]c3ccc([N+](=O)[O-])cc23)CC1. The molecule has 3 aromatic rings. The molecule has 162 valence electrons. The minimum Gasteiger partial charge on any atom is -0.377 e. The Bertz CT molecular complexity index is 1130. The van der Waals surface area contributed by atoms with Crippen molar-refractivity contribution in [2.45, 2.75) is 26.3 Å². The first-order chi connectivity index (χ1) is 14.7. The van der Waals surface area contributed by atoms with Crippen LogP contribution in [0.1, 0.15) is 31.1 Å². The first-order valence-electron chi connectivity index (χ1n) is 10.3. The third kappa shape index (κ3) is 4.30. The quantitative estimate of drug-likeness (QED) is 0.491. The molecule has 0 atom stereocenters. The van der Waals surface area contributed by atoms with Crippen molar-refractivity contribution in [1.29, 1.82) is 0 Å². The van der Waals surface area contributed by atoms with Gasteiger partial charge in [-0.3, -0.25) is 14.9 Å². The van der Waals surface area contributed by atoms with Crippen molar-refractivity contribution in [2.75, 3.05) is 36.4 Å². The third-order valence-corrected chi connectivity index (χ3v) is 5.27. The Morgan fingerprint density at radius 2 is 1.94 bits per heavy atom. The number of rotatable bonds is 4. The highest BCUT2D eigenvalue weighted by atomic mass is 16.6. The van der Waals surface area contributed by atoms with E-state index in [1.54, 1.807) is 23.4 Å². The second-order valence-electron chi connectivity index (χ2n) is 8.72. The summed E-state index contributed by atoms with van der Waals surface area (Å²) in [6.45, 7) is 8.72. The van der Waals surface area contributed by atoms with Crippen LogP contribution < -0.4 is 10.2 Å². The molecule has 2 N–H and O–H groups in total. The van der Waals surface area contributed by atoms with Crippen molar-refractivity contribution in [3.63, 3.8) is 0 Å². The van der Waals surface area contributed by atoms with Gasteiger partial charge in [-0.05, 0) is 39.0 Å². The number of piperazine rings is 1. The van der Waals surface area contributed by atoms with Gasteiger partial charge >= 0.3 is 0 Å². The molecule has 9 nitrogen and oxygen atoms in total. The topological polar surface area (TPSA) is 107 Å². The molecule has 0 bridgehead atoms. The van der Waals surface area contributed by atoms with Gasteiger partial charge in [0, 0.05) is 67.1 Å². The number of nitrogens with one attached hydrogen (secondary N) is 2. The summed E-state index contributed by atoms with van der Waals surface area (Å²) in [7, 11) is 0. The smallest absolute Gasteiger partial charge is 0.270 e. The molecule has 9 heteroatoms. The summed E-state index contributed by atoms with van der Waals surface area (Å²) in [5.41, 5.74) is 2.02. The number of hydrogen-bond donors (Lipinski definition) is 2. The molecule has 1 aromatic carbocycles. The predicted octanol–water partition coefficient (Wildman–Crippen LogP) is 3.64. The average molecular weight is 422 g/mol. The Morgan fingerprint density at radius 3 is 2.61 bits per heavy atom. The normalized spacial score (nSPS) is 14.7. The lowest BCUT2D eigenvalue weighted by atomic mass is 10.1. The van der Waals surface area contributed by atoms with Gasteiger partial charge in [0.25, 0.3) is 11.6 Å². The van der Waals surface area contributed by atoms with E-state index in [0.29, 0.717) is 42.6 Å². The van der Waals surface area contributed by atoms with Gasteiger partial charge in [-0.1, -0.05) is 0 Å². The lowest BCUT2D eigenvalue weighted by molar-refractivity contribution is -0.384. The first-order valence-corrected chi connectivity index (χ1v) is 10.3. The van der Waals surface area contributed by atoms with Crippen molar-refractivity contribution in [2.24, 2.45) is 0 Å². The highest BCUT2D eigenvalue weighted by molar-refractivity contribution is 6.07. The number of nitro benzene ring substituents is 1. The van der Waals surface area contributed by atoms with Crippen molar-refractivity contribution >= 4 is 34.0 Å². The van der Waals surface area contributed by atoms with E-state index in [2.05, 4.69) is 41.0 Å². The molecule has 1 aliphatic rings. The zero-order valence-corrected chi connectivity index (χ0v) is 17.9. The monoisotopic (exact) mass is 422 g/mol. The maximum absolute atomic E-state index is 13.1. The number of amides is 1. The van der Waals surface area contributed by atoms with Gasteiger partial charge in [0.05, 0.1) is 16.2 Å². The Hall–Kier alpha value is -3.62. The fourth-order valence-corrected chi connectivity index (χ4v) is 3.84. The van der Waals surface area contributed by atoms with E-state index in [-0.39, 0.29) is 17.1 Å². The maximum atomic E-state index is 13.1. The Balaban J connectivity index is 1.50. The van der Waals surface area contributed by atoms with E-state index in [4.69, 9.17) is 0 Å². The van der Waals surface area contributed by atoms with Gasteiger partial charge in [-0.15, -0.1) is 0 Å². The number of anilines is 2. The van der Waals surface area contributed by atoms with Crippen LogP contribution in [0.2, 0.25) is 0 Å². The first kappa shape index (κ1) is 20.6. The summed E-state index contributed by atoms with van der Waals surface area (Å²) in [6.07, 6.45) is 3.41. The number of H-pyrrole nitrogens is 1. The zero-order valence-electron chi connectivity index (χ0n) is 17.9. The van der Waals surface area contributed by atoms with E-state index in [1.807, 2.05) is 12.1 Å². The van der Waals surface area contributed by atoms with Crippen LogP contribution in [0.4, 0.5) is 17.2 Å². The highest BCUT2D eigenvalue weighted by Gasteiger charge is 2.26. The molecule has 0 unspecified atom stereocenters. The number of hydrogen-bond acceptors (Lipinski definition) is 6. The summed E-state index contributed by atoms with van der Waals surface area (Å²) < 4.78 is 0. The van der Waals surface area contributed by atoms with Crippen molar-refractivity contribution in [3.05, 3.63) is 58.4 Å². The molecule has 2 aromatic heterocycles. The third-order valence-electron chi connectivity index (χ3n) is 5.27. The predicted molar refractivity (Wildman–Crippen MR) is 121 cm³/mol. The van der Waals surface area contributed by atoms with E-state index >= 15 is 0 Å². The van der Waals surface area contributed by atoms with Gasteiger partial charge in [-0.25, -0.2) is 4.98 Å². The van der Waals surface area contributed by atoms with E-state index in [0.717, 1.165) is 11.5 Å². The Labute approximate surface area is 180 Å². The van der Waals surface area contributed by atoms with Crippen LogP contribution in [0, 0.1) is 10.1 Å². The fraction of sp³-hybridized carbons (Fsp3) is 0.364. The average Bonchev–Trinajstić information content (AvgIpc) is 3.16. The molecular weight excluding hydrogens is 396 g/mol. The number of carbonyl (C=O) groups is 1. The number of benzene rings is 1. The number of aromatic nitrogens is 2. The molecule has 1 saturated heterocycles. The minimum atomic E-state index is -0.449. The van der Waals surface area contributed by atoms with Crippen molar-refractivity contribution < 1.29 is 9.72 Å². The molecule has 3 heterocycles. The highest BCUT2D eigenvalue weighted by Crippen LogP contribution is 2.28. The molecular formula is C22H26N6O3. The molecule has 0 spiro atoms. The number of nitro groups is 1. The molecule has 31 heavy (non-hydrogen) atoms. The molecule has 0 radical (unpaired) electrons. The van der Waals surface area contributed by atoms with Crippen LogP contribution >= 0.6 is 0 Å². The molecule has 1 amide bonds. The second kappa shape index (κ2) is 7.90. The number of nitrogens with zero attached hydrogens (tertiary/aromatic N) is 4. The number of pyridine rings is 1. The lowest BCUT2D eigenvalue weighted by Crippen LogP contribution is -2.49. The van der Waals surface area contributed by atoms with Crippen molar-refractivity contribution in [3.8, 4) is 0 Å². The lowest BCUT2D eigenvalue weighted by Gasteiger charge is -2.37. The summed E-state index contributed by atoms with van der Waals surface area (Å²) in [4.78, 5) is 35.4. The summed E-state index contributed by atoms with van der Waals surface area (Å²) in [5.74, 6) is 0.757. The van der Waals surface area contributed by atoms with Crippen LogP contribution in [-0.2, 0) is 0 Å². The molecule has 1 aliphatic heterocycles. The number of fused-ring (bicyclic) bond motifs is 1. The summed E-state index contributed by atoms with van der Waals surface area (Å²) in [6, 6.07) is 8.44. The largest absolute Gasteiger partial charge is 0.377 e.